The predicted molar refractivity (Wildman–Crippen MR) is 121 cm³/mol. The average Bonchev–Trinajstić information content (AvgIpc) is 2.72. The zero-order chi connectivity index (χ0) is 22.4. The Morgan fingerprint density at radius 1 is 0.839 bits per heavy atom. The number of ketones is 1. The Bertz CT molecular complexity index is 1080. The van der Waals surface area contributed by atoms with E-state index < -0.39 is 11.8 Å². The smallest absolute Gasteiger partial charge is 0.323 e. The highest BCUT2D eigenvalue weighted by atomic mass is 16.2. The number of para-hydroxylation sites is 1. The first-order valence-electron chi connectivity index (χ1n) is 9.56. The summed E-state index contributed by atoms with van der Waals surface area (Å²) in [4.78, 5) is 42.9. The van der Waals surface area contributed by atoms with Crippen LogP contribution in [0.5, 0.6) is 0 Å². The molecule has 0 fully saturated rings. The fraction of sp³-hybridized carbons (Fsp3) is 0.130. The molecule has 3 N–H and O–H groups in total. The van der Waals surface area contributed by atoms with Crippen molar-refractivity contribution in [3.8, 4) is 0 Å². The molecule has 0 saturated carbocycles. The van der Waals surface area contributed by atoms with E-state index in [9.17, 15) is 14.4 Å². The number of nitrogens with zero attached hydrogens (tertiary/aromatic N) is 2. The third kappa shape index (κ3) is 5.89. The maximum absolute atomic E-state index is 12.5. The van der Waals surface area contributed by atoms with Crippen LogP contribution in [0, 0.1) is 0 Å². The van der Waals surface area contributed by atoms with Crippen LogP contribution in [0.4, 0.5) is 21.9 Å². The van der Waals surface area contributed by atoms with Crippen LogP contribution in [0.1, 0.15) is 6.92 Å². The summed E-state index contributed by atoms with van der Waals surface area (Å²) in [6, 6.07) is 15.8. The molecule has 2 aromatic carbocycles. The van der Waals surface area contributed by atoms with Gasteiger partial charge in [-0.25, -0.2) is 9.79 Å². The summed E-state index contributed by atoms with van der Waals surface area (Å²) in [6.07, 6.45) is 2.69. The maximum Gasteiger partial charge on any atom is 0.323 e. The number of rotatable bonds is 5. The molecular formula is C23H23N5O3. The molecule has 0 heterocycles. The van der Waals surface area contributed by atoms with Crippen molar-refractivity contribution in [1.82, 2.24) is 10.6 Å². The molecule has 0 atom stereocenters. The highest BCUT2D eigenvalue weighted by Gasteiger charge is 2.21. The molecule has 0 radical (unpaired) electrons. The predicted octanol–water partition coefficient (Wildman–Crippen LogP) is 3.13. The van der Waals surface area contributed by atoms with E-state index >= 15 is 0 Å². The van der Waals surface area contributed by atoms with Crippen LogP contribution >= 0.6 is 0 Å². The molecule has 0 saturated heterocycles. The number of aliphatic imine (C=N–C) groups is 1. The van der Waals surface area contributed by atoms with E-state index in [-0.39, 0.29) is 17.3 Å². The molecule has 31 heavy (non-hydrogen) atoms. The second kappa shape index (κ2) is 9.53. The summed E-state index contributed by atoms with van der Waals surface area (Å²) in [5, 5.41) is 7.82. The van der Waals surface area contributed by atoms with Crippen molar-refractivity contribution < 1.29 is 14.4 Å². The van der Waals surface area contributed by atoms with Crippen LogP contribution in [-0.4, -0.2) is 37.5 Å². The van der Waals surface area contributed by atoms with Crippen LogP contribution in [0.2, 0.25) is 0 Å². The summed E-state index contributed by atoms with van der Waals surface area (Å²) >= 11 is 0. The molecule has 0 unspecified atom stereocenters. The van der Waals surface area contributed by atoms with Gasteiger partial charge in [0.2, 0.25) is 11.7 Å². The lowest BCUT2D eigenvalue weighted by Crippen LogP contribution is -2.35. The van der Waals surface area contributed by atoms with Gasteiger partial charge in [0.15, 0.2) is 0 Å². The Kier molecular flexibility index (Phi) is 6.61. The standard InChI is InChI=1S/C23H23N5O3/c1-15(29)24-20-14-22(30)21(27-23(31)26-16-7-5-4-6-8-16)13-19(20)25-17-9-11-18(12-10-17)28(2)3/h4-14H,1-3H3,(H,24,29)(H2,26,27,31). The monoisotopic (exact) mass is 417 g/mol. The van der Waals surface area contributed by atoms with Gasteiger partial charge in [-0.05, 0) is 42.5 Å². The highest BCUT2D eigenvalue weighted by molar-refractivity contribution is 6.23. The second-order valence-corrected chi connectivity index (χ2v) is 7.01. The molecule has 0 spiro atoms. The summed E-state index contributed by atoms with van der Waals surface area (Å²) in [5.41, 5.74) is 2.90. The van der Waals surface area contributed by atoms with E-state index in [2.05, 4.69) is 20.9 Å². The van der Waals surface area contributed by atoms with E-state index in [0.717, 1.165) is 5.69 Å². The summed E-state index contributed by atoms with van der Waals surface area (Å²) in [6.45, 7) is 1.35. The molecular weight excluding hydrogens is 394 g/mol. The lowest BCUT2D eigenvalue weighted by molar-refractivity contribution is -0.118. The normalized spacial score (nSPS) is 14.4. The molecule has 0 aliphatic heterocycles. The average molecular weight is 417 g/mol. The fourth-order valence-electron chi connectivity index (χ4n) is 2.82. The highest BCUT2D eigenvalue weighted by Crippen LogP contribution is 2.21. The van der Waals surface area contributed by atoms with Crippen LogP contribution < -0.4 is 20.9 Å². The molecule has 8 nitrogen and oxygen atoms in total. The summed E-state index contributed by atoms with van der Waals surface area (Å²) < 4.78 is 0. The number of carbonyl (C=O) groups excluding carboxylic acids is 3. The first kappa shape index (κ1) is 21.5. The molecule has 0 aromatic heterocycles. The van der Waals surface area contributed by atoms with Crippen LogP contribution in [-0.2, 0) is 9.59 Å². The van der Waals surface area contributed by atoms with Gasteiger partial charge >= 0.3 is 6.03 Å². The lowest BCUT2D eigenvalue weighted by atomic mass is 10.1. The number of allylic oxidation sites excluding steroid dienone is 2. The Morgan fingerprint density at radius 3 is 2.13 bits per heavy atom. The third-order valence-electron chi connectivity index (χ3n) is 4.30. The topological polar surface area (TPSA) is 103 Å². The minimum absolute atomic E-state index is 0.0474. The van der Waals surface area contributed by atoms with Crippen molar-refractivity contribution in [1.29, 1.82) is 0 Å². The molecule has 8 heteroatoms. The molecule has 3 rings (SSSR count). The second-order valence-electron chi connectivity index (χ2n) is 7.01. The van der Waals surface area contributed by atoms with Gasteiger partial charge in [0, 0.05) is 38.5 Å². The molecule has 3 amide bonds. The number of anilines is 2. The van der Waals surface area contributed by atoms with Crippen molar-refractivity contribution in [2.24, 2.45) is 4.99 Å². The van der Waals surface area contributed by atoms with Gasteiger partial charge in [-0.15, -0.1) is 0 Å². The first-order chi connectivity index (χ1) is 14.8. The van der Waals surface area contributed by atoms with Crippen molar-refractivity contribution >= 4 is 40.5 Å². The van der Waals surface area contributed by atoms with Gasteiger partial charge in [0.05, 0.1) is 22.8 Å². The molecule has 0 bridgehead atoms. The quantitative estimate of drug-likeness (QED) is 0.651. The fourth-order valence-corrected chi connectivity index (χ4v) is 2.82. The van der Waals surface area contributed by atoms with Crippen molar-refractivity contribution in [3.63, 3.8) is 0 Å². The Balaban J connectivity index is 1.86. The molecule has 158 valence electrons. The van der Waals surface area contributed by atoms with Crippen molar-refractivity contribution in [2.45, 2.75) is 6.92 Å². The summed E-state index contributed by atoms with van der Waals surface area (Å²) in [5.74, 6) is -0.782. The number of urea groups is 1. The first-order valence-corrected chi connectivity index (χ1v) is 9.56. The Hall–Kier alpha value is -4.20. The SMILES string of the molecule is CC(=O)NC1=CC(=O)C(NC(=O)Nc2ccccc2)=CC1=Nc1ccc(N(C)C)cc1. The molecule has 2 aromatic rings. The number of hydrogen-bond donors (Lipinski definition) is 3. The zero-order valence-corrected chi connectivity index (χ0v) is 17.5. The van der Waals surface area contributed by atoms with E-state index in [1.165, 1.54) is 19.1 Å². The number of amides is 3. The maximum atomic E-state index is 12.5. The summed E-state index contributed by atoms with van der Waals surface area (Å²) in [7, 11) is 3.87. The number of benzene rings is 2. The Morgan fingerprint density at radius 2 is 1.52 bits per heavy atom. The molecule has 1 aliphatic carbocycles. The van der Waals surface area contributed by atoms with E-state index in [1.54, 1.807) is 24.3 Å². The third-order valence-corrected chi connectivity index (χ3v) is 4.30. The van der Waals surface area contributed by atoms with Gasteiger partial charge in [0.25, 0.3) is 0 Å². The number of nitrogens with one attached hydrogen (secondary N) is 3. The zero-order valence-electron chi connectivity index (χ0n) is 17.5. The van der Waals surface area contributed by atoms with Gasteiger partial charge in [-0.1, -0.05) is 18.2 Å². The van der Waals surface area contributed by atoms with Crippen molar-refractivity contribution in [3.05, 3.63) is 78.1 Å². The van der Waals surface area contributed by atoms with Crippen molar-refractivity contribution in [2.75, 3.05) is 24.3 Å². The van der Waals surface area contributed by atoms with Gasteiger partial charge in [-0.3, -0.25) is 9.59 Å². The van der Waals surface area contributed by atoms with E-state index in [1.807, 2.05) is 49.3 Å². The van der Waals surface area contributed by atoms with Crippen LogP contribution in [0.15, 0.2) is 83.1 Å². The van der Waals surface area contributed by atoms with E-state index in [4.69, 9.17) is 0 Å². The van der Waals surface area contributed by atoms with Gasteiger partial charge < -0.3 is 20.9 Å². The van der Waals surface area contributed by atoms with Gasteiger partial charge in [0.1, 0.15) is 0 Å². The largest absolute Gasteiger partial charge is 0.378 e. The minimum Gasteiger partial charge on any atom is -0.378 e. The van der Waals surface area contributed by atoms with E-state index in [0.29, 0.717) is 17.1 Å². The minimum atomic E-state index is -0.558. The van der Waals surface area contributed by atoms with Gasteiger partial charge in [-0.2, -0.15) is 0 Å². The lowest BCUT2D eigenvalue weighted by Gasteiger charge is -2.17. The number of carbonyl (C=O) groups is 3. The van der Waals surface area contributed by atoms with Crippen LogP contribution in [0.3, 0.4) is 0 Å². The Labute approximate surface area is 180 Å². The number of hydrogen-bond acceptors (Lipinski definition) is 5. The molecule has 1 aliphatic rings. The van der Waals surface area contributed by atoms with Crippen LogP contribution in [0.25, 0.3) is 0 Å².